The van der Waals surface area contributed by atoms with Gasteiger partial charge in [-0.3, -0.25) is 4.79 Å². The Balaban J connectivity index is 0.000000439. The number of aromatic amines is 1. The molecular formula is C16H15Cl7N4O2. The molecule has 0 aliphatic heterocycles. The third-order valence-electron chi connectivity index (χ3n) is 2.94. The number of imidazole rings is 1. The molecule has 6 nitrogen and oxygen atoms in total. The first-order valence-electron chi connectivity index (χ1n) is 7.26. The average molecular weight is 543 g/mol. The van der Waals surface area contributed by atoms with Gasteiger partial charge in [-0.15, -0.1) is 35.6 Å². The number of nitrogens with zero attached hydrogens (tertiary/aromatic N) is 1. The Bertz CT molecular complexity index is 877. The molecule has 6 N–H and O–H groups in total. The highest BCUT2D eigenvalue weighted by Gasteiger charge is 2.05. The summed E-state index contributed by atoms with van der Waals surface area (Å²) in [5, 5.41) is 9.45. The van der Waals surface area contributed by atoms with Crippen molar-refractivity contribution >= 4 is 110 Å². The van der Waals surface area contributed by atoms with Gasteiger partial charge in [0.05, 0.1) is 48.4 Å². The van der Waals surface area contributed by atoms with Gasteiger partial charge in [-0.25, -0.2) is 4.98 Å². The molecule has 0 amide bonds. The molecule has 2 aromatic carbocycles. The third-order valence-corrected chi connectivity index (χ3v) is 4.87. The molecule has 0 aliphatic carbocycles. The monoisotopic (exact) mass is 540 g/mol. The number of fused-ring (bicyclic) bond motifs is 1. The van der Waals surface area contributed by atoms with Crippen molar-refractivity contribution in [3.63, 3.8) is 0 Å². The number of carbonyl (C=O) groups is 1. The molecule has 160 valence electrons. The molecular weight excluding hydrogens is 528 g/mol. The van der Waals surface area contributed by atoms with Crippen LogP contribution in [0.15, 0.2) is 24.3 Å². The Morgan fingerprint density at radius 1 is 0.931 bits per heavy atom. The lowest BCUT2D eigenvalue weighted by atomic mass is 10.3. The number of nitrogens with one attached hydrogen (secondary N) is 1. The molecule has 0 saturated carbocycles. The van der Waals surface area contributed by atoms with Crippen LogP contribution in [0.3, 0.4) is 0 Å². The van der Waals surface area contributed by atoms with Crippen molar-refractivity contribution in [1.29, 1.82) is 0 Å². The highest BCUT2D eigenvalue weighted by molar-refractivity contribution is 6.43. The standard InChI is InChI=1S/C8H5Cl3N2.C6H6Cl2N2.C2H3ClO2.ClH/c9-3-8-12-6-1-4(10)5(11)2-7(6)13-8;7-3-1-5(9)6(10)2-4(3)8;3-1-2(4)5;/h1-2H,3H2,(H,12,13);1-2H,9-10H2;1H2,(H,4,5);1H. The van der Waals surface area contributed by atoms with E-state index in [-0.39, 0.29) is 18.3 Å². The lowest BCUT2D eigenvalue weighted by Crippen LogP contribution is -1.93. The van der Waals surface area contributed by atoms with Crippen LogP contribution in [-0.2, 0) is 10.7 Å². The van der Waals surface area contributed by atoms with Crippen molar-refractivity contribution < 1.29 is 9.90 Å². The summed E-state index contributed by atoms with van der Waals surface area (Å²) >= 11 is 33.2. The number of alkyl halides is 2. The number of carboxylic acids is 1. The zero-order valence-corrected chi connectivity index (χ0v) is 19.7. The second kappa shape index (κ2) is 13.3. The number of aromatic nitrogens is 2. The van der Waals surface area contributed by atoms with Crippen molar-refractivity contribution in [1.82, 2.24) is 9.97 Å². The first kappa shape index (κ1) is 28.0. The van der Waals surface area contributed by atoms with Crippen LogP contribution >= 0.6 is 82.0 Å². The van der Waals surface area contributed by atoms with Crippen LogP contribution in [0.2, 0.25) is 20.1 Å². The van der Waals surface area contributed by atoms with Gasteiger partial charge in [0.1, 0.15) is 11.7 Å². The Kier molecular flexibility index (Phi) is 12.9. The van der Waals surface area contributed by atoms with E-state index < -0.39 is 5.97 Å². The van der Waals surface area contributed by atoms with E-state index in [2.05, 4.69) is 9.97 Å². The van der Waals surface area contributed by atoms with Gasteiger partial charge in [0, 0.05) is 0 Å². The summed E-state index contributed by atoms with van der Waals surface area (Å²) in [6.45, 7) is 0. The predicted octanol–water partition coefficient (Wildman–Crippen LogP) is 6.50. The van der Waals surface area contributed by atoms with Crippen molar-refractivity contribution in [2.24, 2.45) is 0 Å². The van der Waals surface area contributed by atoms with Crippen molar-refractivity contribution in [2.75, 3.05) is 17.3 Å². The van der Waals surface area contributed by atoms with Crippen LogP contribution < -0.4 is 11.5 Å². The molecule has 0 fully saturated rings. The highest BCUT2D eigenvalue weighted by Crippen LogP contribution is 2.28. The van der Waals surface area contributed by atoms with Crippen LogP contribution in [0.5, 0.6) is 0 Å². The Labute approximate surface area is 202 Å². The van der Waals surface area contributed by atoms with Gasteiger partial charge < -0.3 is 21.6 Å². The molecule has 0 saturated heterocycles. The lowest BCUT2D eigenvalue weighted by molar-refractivity contribution is -0.134. The molecule has 13 heteroatoms. The van der Waals surface area contributed by atoms with E-state index in [1.807, 2.05) is 0 Å². The van der Waals surface area contributed by atoms with Crippen LogP contribution in [0.1, 0.15) is 5.82 Å². The fraction of sp³-hybridized carbons (Fsp3) is 0.125. The SMILES string of the molecule is Cl.ClCc1nc2cc(Cl)c(Cl)cc2[nH]1.Nc1cc(Cl)c(Cl)cc1N.O=C(O)CCl. The average Bonchev–Trinajstić information content (AvgIpc) is 3.03. The fourth-order valence-corrected chi connectivity index (χ4v) is 2.49. The summed E-state index contributed by atoms with van der Waals surface area (Å²) < 4.78 is 0. The molecule has 0 bridgehead atoms. The van der Waals surface area contributed by atoms with Crippen LogP contribution in [0, 0.1) is 0 Å². The molecule has 0 spiro atoms. The van der Waals surface area contributed by atoms with Gasteiger partial charge in [-0.2, -0.15) is 0 Å². The minimum Gasteiger partial charge on any atom is -0.480 e. The summed E-state index contributed by atoms with van der Waals surface area (Å²) in [7, 11) is 0. The number of aliphatic carboxylic acids is 1. The van der Waals surface area contributed by atoms with Crippen LogP contribution in [-0.4, -0.2) is 26.9 Å². The van der Waals surface area contributed by atoms with Crippen molar-refractivity contribution in [3.8, 4) is 0 Å². The number of nitrogen functional groups attached to an aromatic ring is 2. The maximum absolute atomic E-state index is 9.24. The van der Waals surface area contributed by atoms with Gasteiger partial charge in [0.2, 0.25) is 0 Å². The van der Waals surface area contributed by atoms with Gasteiger partial charge in [0.25, 0.3) is 0 Å². The fourth-order valence-electron chi connectivity index (χ4n) is 1.70. The number of carboxylic acid groups (broad SMARTS) is 1. The quantitative estimate of drug-likeness (QED) is 0.218. The second-order valence-corrected chi connectivity index (χ2v) is 7.19. The number of anilines is 2. The van der Waals surface area contributed by atoms with E-state index >= 15 is 0 Å². The molecule has 0 aliphatic rings. The number of rotatable bonds is 2. The molecule has 29 heavy (non-hydrogen) atoms. The number of hydrogen-bond acceptors (Lipinski definition) is 4. The van der Waals surface area contributed by atoms with E-state index in [0.717, 1.165) is 16.9 Å². The largest absolute Gasteiger partial charge is 0.480 e. The topological polar surface area (TPSA) is 118 Å². The number of H-pyrrole nitrogens is 1. The Hall–Kier alpha value is -0.990. The summed E-state index contributed by atoms with van der Waals surface area (Å²) in [5.41, 5.74) is 13.4. The van der Waals surface area contributed by atoms with Gasteiger partial charge in [-0.1, -0.05) is 46.4 Å². The molecule has 0 unspecified atom stereocenters. The van der Waals surface area contributed by atoms with E-state index in [1.54, 1.807) is 12.1 Å². The van der Waals surface area contributed by atoms with E-state index in [9.17, 15) is 4.79 Å². The summed E-state index contributed by atoms with van der Waals surface area (Å²) in [5.74, 6) is -0.217. The van der Waals surface area contributed by atoms with Gasteiger partial charge in [0.15, 0.2) is 0 Å². The lowest BCUT2D eigenvalue weighted by Gasteiger charge is -2.00. The number of nitrogens with two attached hydrogens (primary N) is 2. The number of hydrogen-bond donors (Lipinski definition) is 4. The van der Waals surface area contributed by atoms with Gasteiger partial charge >= 0.3 is 5.97 Å². The highest BCUT2D eigenvalue weighted by atomic mass is 35.5. The van der Waals surface area contributed by atoms with E-state index in [0.29, 0.717) is 37.3 Å². The minimum atomic E-state index is -0.980. The zero-order chi connectivity index (χ0) is 21.4. The van der Waals surface area contributed by atoms with Crippen molar-refractivity contribution in [3.05, 3.63) is 50.2 Å². The maximum atomic E-state index is 9.24. The third kappa shape index (κ3) is 9.13. The van der Waals surface area contributed by atoms with Gasteiger partial charge in [-0.05, 0) is 24.3 Å². The van der Waals surface area contributed by atoms with E-state index in [1.165, 1.54) is 12.1 Å². The molecule has 3 rings (SSSR count). The molecule has 1 heterocycles. The van der Waals surface area contributed by atoms with Crippen molar-refractivity contribution in [2.45, 2.75) is 5.88 Å². The summed E-state index contributed by atoms with van der Waals surface area (Å²) in [6, 6.07) is 6.51. The second-order valence-electron chi connectivity index (χ2n) is 5.02. The zero-order valence-electron chi connectivity index (χ0n) is 14.4. The van der Waals surface area contributed by atoms with Crippen LogP contribution in [0.4, 0.5) is 11.4 Å². The minimum absolute atomic E-state index is 0. The number of benzene rings is 2. The molecule has 3 aromatic rings. The number of halogens is 7. The summed E-state index contributed by atoms with van der Waals surface area (Å²) in [4.78, 5) is 16.5. The Morgan fingerprint density at radius 3 is 1.76 bits per heavy atom. The summed E-state index contributed by atoms with van der Waals surface area (Å²) in [6.07, 6.45) is 0. The maximum Gasteiger partial charge on any atom is 0.318 e. The Morgan fingerprint density at radius 2 is 1.34 bits per heavy atom. The molecule has 0 atom stereocenters. The van der Waals surface area contributed by atoms with Crippen LogP contribution in [0.25, 0.3) is 11.0 Å². The first-order valence-corrected chi connectivity index (χ1v) is 9.84. The normalized spacial score (nSPS) is 9.59. The predicted molar refractivity (Wildman–Crippen MR) is 127 cm³/mol. The molecule has 1 aromatic heterocycles. The molecule has 0 radical (unpaired) electrons. The first-order chi connectivity index (χ1) is 13.1. The smallest absolute Gasteiger partial charge is 0.318 e. The van der Waals surface area contributed by atoms with E-state index in [4.69, 9.17) is 86.2 Å².